The molecule has 1 aliphatic heterocycles. The minimum Gasteiger partial charge on any atom is -0.493 e. The molecular weight excluding hydrogens is 376 g/mol. The van der Waals surface area contributed by atoms with Crippen molar-refractivity contribution in [2.75, 3.05) is 6.61 Å². The zero-order valence-corrected chi connectivity index (χ0v) is 17.2. The van der Waals surface area contributed by atoms with Crippen LogP contribution in [0.3, 0.4) is 0 Å². The number of benzene rings is 1. The van der Waals surface area contributed by atoms with Crippen LogP contribution in [0.25, 0.3) is 11.3 Å². The molecule has 5 rings (SSSR count). The summed E-state index contributed by atoms with van der Waals surface area (Å²) in [5.41, 5.74) is 6.38. The fourth-order valence-electron chi connectivity index (χ4n) is 4.41. The molecule has 0 unspecified atom stereocenters. The van der Waals surface area contributed by atoms with Crippen LogP contribution in [-0.2, 0) is 23.1 Å². The number of rotatable bonds is 5. The van der Waals surface area contributed by atoms with Gasteiger partial charge in [-0.2, -0.15) is 0 Å². The van der Waals surface area contributed by atoms with Crippen LogP contribution in [0.1, 0.15) is 42.2 Å². The summed E-state index contributed by atoms with van der Waals surface area (Å²) in [5, 5.41) is 0. The van der Waals surface area contributed by atoms with Crippen molar-refractivity contribution in [2.45, 2.75) is 44.9 Å². The third-order valence-corrected chi connectivity index (χ3v) is 6.51. The lowest BCUT2D eigenvalue weighted by atomic mass is 9.87. The van der Waals surface area contributed by atoms with Gasteiger partial charge in [0.15, 0.2) is 0 Å². The van der Waals surface area contributed by atoms with Gasteiger partial charge in [-0.25, -0.2) is 0 Å². The number of aromatic nitrogens is 2. The number of nitrogens with one attached hydrogen (secondary N) is 1. The minimum absolute atomic E-state index is 0. The van der Waals surface area contributed by atoms with E-state index in [1.165, 1.54) is 11.6 Å². The van der Waals surface area contributed by atoms with Crippen molar-refractivity contribution in [2.24, 2.45) is 0 Å². The number of aryl methyl sites for hydroxylation is 1. The monoisotopic (exact) mass is 402 g/mol. The molecule has 1 aliphatic carbocycles. The number of ether oxygens (including phenoxy) is 1. The Morgan fingerprint density at radius 1 is 1.20 bits per heavy atom. The quantitative estimate of drug-likeness (QED) is 0.698. The predicted molar refractivity (Wildman–Crippen MR) is 117 cm³/mol. The zero-order chi connectivity index (χ0) is 20.9. The van der Waals surface area contributed by atoms with E-state index in [9.17, 15) is 9.59 Å². The number of ketones is 1. The Morgan fingerprint density at radius 2 is 2.03 bits per heavy atom. The van der Waals surface area contributed by atoms with Crippen molar-refractivity contribution in [3.8, 4) is 17.0 Å². The van der Waals surface area contributed by atoms with E-state index in [4.69, 9.17) is 9.72 Å². The molecule has 3 heterocycles. The van der Waals surface area contributed by atoms with Gasteiger partial charge in [-0.3, -0.25) is 14.6 Å². The number of Topliss-reactive ketones (excluding diaryl/α,β-unsaturated/α-hetero) is 1. The summed E-state index contributed by atoms with van der Waals surface area (Å²) < 4.78 is 5.61. The maximum atomic E-state index is 13.4. The van der Waals surface area contributed by atoms with Crippen molar-refractivity contribution >= 4 is 5.78 Å². The van der Waals surface area contributed by atoms with E-state index >= 15 is 0 Å². The SMILES string of the molecule is Cc1cc(CC(=O)C2(c3ccc4c(c3)CCO4)CC2)nc(-c2ccc(=O)[nH]c2)c1C.[HH]. The average molecular weight is 402 g/mol. The van der Waals surface area contributed by atoms with Gasteiger partial charge in [-0.1, -0.05) is 12.1 Å². The second kappa shape index (κ2) is 6.94. The molecule has 1 N–H and O–H groups in total. The number of carbonyl (C=O) groups is 1. The highest BCUT2D eigenvalue weighted by molar-refractivity contribution is 5.94. The first-order chi connectivity index (χ1) is 14.5. The minimum atomic E-state index is -0.379. The van der Waals surface area contributed by atoms with Crippen LogP contribution in [0.4, 0.5) is 0 Å². The maximum Gasteiger partial charge on any atom is 0.247 e. The second-order valence-electron chi connectivity index (χ2n) is 8.45. The van der Waals surface area contributed by atoms with E-state index in [1.807, 2.05) is 26.0 Å². The summed E-state index contributed by atoms with van der Waals surface area (Å²) in [4.78, 5) is 32.3. The Labute approximate surface area is 176 Å². The van der Waals surface area contributed by atoms with E-state index in [-0.39, 0.29) is 18.2 Å². The highest BCUT2D eigenvalue weighted by atomic mass is 16.5. The van der Waals surface area contributed by atoms with Gasteiger partial charge < -0.3 is 9.72 Å². The molecule has 1 saturated carbocycles. The fraction of sp³-hybridized carbons (Fsp3) is 0.320. The van der Waals surface area contributed by atoms with Gasteiger partial charge in [0.2, 0.25) is 5.56 Å². The smallest absolute Gasteiger partial charge is 0.247 e. The summed E-state index contributed by atoms with van der Waals surface area (Å²) in [6.07, 6.45) is 4.68. The second-order valence-corrected chi connectivity index (χ2v) is 8.45. The highest BCUT2D eigenvalue weighted by Gasteiger charge is 2.50. The Kier molecular flexibility index (Phi) is 4.35. The first-order valence-corrected chi connectivity index (χ1v) is 10.4. The molecule has 30 heavy (non-hydrogen) atoms. The number of fused-ring (bicyclic) bond motifs is 1. The largest absolute Gasteiger partial charge is 0.493 e. The Bertz CT molecular complexity index is 1210. The van der Waals surface area contributed by atoms with Crippen molar-refractivity contribution in [1.29, 1.82) is 0 Å². The standard InChI is InChI=1S/C25H24N2O3.H2/c1-15-11-20(27-24(16(15)2)18-3-6-23(29)26-14-18)13-22(28)25(8-9-25)19-4-5-21-17(12-19)7-10-30-21;/h3-6,11-12,14H,7-10,13H2,1-2H3,(H,26,29);1H. The van der Waals surface area contributed by atoms with Crippen LogP contribution in [-0.4, -0.2) is 22.4 Å². The molecule has 2 aromatic heterocycles. The number of nitrogens with zero attached hydrogens (tertiary/aromatic N) is 1. The summed E-state index contributed by atoms with van der Waals surface area (Å²) in [6.45, 7) is 4.77. The van der Waals surface area contributed by atoms with Gasteiger partial charge in [-0.15, -0.1) is 0 Å². The van der Waals surface area contributed by atoms with Gasteiger partial charge in [0.1, 0.15) is 11.5 Å². The molecule has 1 fully saturated rings. The maximum absolute atomic E-state index is 13.4. The summed E-state index contributed by atoms with van der Waals surface area (Å²) in [5.74, 6) is 1.17. The Balaban J connectivity index is 0.00000231. The first kappa shape index (κ1) is 18.8. The first-order valence-electron chi connectivity index (χ1n) is 10.4. The van der Waals surface area contributed by atoms with Crippen molar-refractivity contribution in [3.05, 3.63) is 80.9 Å². The molecule has 0 atom stereocenters. The van der Waals surface area contributed by atoms with Crippen molar-refractivity contribution in [1.82, 2.24) is 9.97 Å². The zero-order valence-electron chi connectivity index (χ0n) is 17.2. The average Bonchev–Trinajstić information content (AvgIpc) is 3.42. The number of aromatic amines is 1. The van der Waals surface area contributed by atoms with E-state index in [1.54, 1.807) is 12.3 Å². The number of pyridine rings is 2. The van der Waals surface area contributed by atoms with Crippen LogP contribution in [0.2, 0.25) is 0 Å². The summed E-state index contributed by atoms with van der Waals surface area (Å²) in [7, 11) is 0. The van der Waals surface area contributed by atoms with Crippen LogP contribution in [0, 0.1) is 13.8 Å². The van der Waals surface area contributed by atoms with Crippen molar-refractivity contribution < 1.29 is 11.0 Å². The Morgan fingerprint density at radius 3 is 2.77 bits per heavy atom. The number of hydrogen-bond donors (Lipinski definition) is 1. The highest BCUT2D eigenvalue weighted by Crippen LogP contribution is 2.50. The molecule has 3 aromatic rings. The normalized spacial score (nSPS) is 16.1. The molecule has 0 bridgehead atoms. The molecule has 2 aliphatic rings. The fourth-order valence-corrected chi connectivity index (χ4v) is 4.41. The van der Waals surface area contributed by atoms with Gasteiger partial charge in [0.25, 0.3) is 0 Å². The third-order valence-electron chi connectivity index (χ3n) is 6.51. The van der Waals surface area contributed by atoms with Crippen LogP contribution >= 0.6 is 0 Å². The molecule has 5 nitrogen and oxygen atoms in total. The topological polar surface area (TPSA) is 72.0 Å². The van der Waals surface area contributed by atoms with Crippen LogP contribution in [0.15, 0.2) is 47.4 Å². The van der Waals surface area contributed by atoms with Crippen molar-refractivity contribution in [3.63, 3.8) is 0 Å². The van der Waals surface area contributed by atoms with Crippen LogP contribution < -0.4 is 10.3 Å². The molecule has 0 saturated heterocycles. The Hall–Kier alpha value is -3.21. The van der Waals surface area contributed by atoms with E-state index in [0.717, 1.165) is 65.3 Å². The summed E-state index contributed by atoms with van der Waals surface area (Å²) in [6, 6.07) is 11.5. The summed E-state index contributed by atoms with van der Waals surface area (Å²) >= 11 is 0. The third kappa shape index (κ3) is 3.15. The molecule has 0 radical (unpaired) electrons. The number of carbonyl (C=O) groups excluding carboxylic acids is 1. The lowest BCUT2D eigenvalue weighted by Crippen LogP contribution is -2.23. The molecule has 5 heteroatoms. The van der Waals surface area contributed by atoms with E-state index in [0.29, 0.717) is 6.42 Å². The molecule has 0 spiro atoms. The lowest BCUT2D eigenvalue weighted by Gasteiger charge is -2.17. The van der Waals surface area contributed by atoms with Gasteiger partial charge >= 0.3 is 0 Å². The van der Waals surface area contributed by atoms with E-state index in [2.05, 4.69) is 17.1 Å². The molecule has 154 valence electrons. The number of hydrogen-bond acceptors (Lipinski definition) is 4. The van der Waals surface area contributed by atoms with Gasteiger partial charge in [0, 0.05) is 37.8 Å². The van der Waals surface area contributed by atoms with Gasteiger partial charge in [-0.05, 0) is 67.1 Å². The van der Waals surface area contributed by atoms with E-state index < -0.39 is 0 Å². The molecule has 0 amide bonds. The predicted octanol–water partition coefficient (Wildman–Crippen LogP) is 4.08. The molecular formula is C25H26N2O3. The lowest BCUT2D eigenvalue weighted by molar-refractivity contribution is -0.120. The van der Waals surface area contributed by atoms with Crippen LogP contribution in [0.5, 0.6) is 5.75 Å². The number of H-pyrrole nitrogens is 1. The molecule has 1 aromatic carbocycles. The van der Waals surface area contributed by atoms with Gasteiger partial charge in [0.05, 0.1) is 17.7 Å².